The van der Waals surface area contributed by atoms with Crippen LogP contribution in [0.1, 0.15) is 12.8 Å². The smallest absolute Gasteiger partial charge is 0.254 e. The Labute approximate surface area is 102 Å². The third-order valence-corrected chi connectivity index (χ3v) is 4.10. The third kappa shape index (κ3) is 2.13. The van der Waals surface area contributed by atoms with Gasteiger partial charge in [-0.3, -0.25) is 4.72 Å². The Hall–Kier alpha value is -1.77. The molecule has 0 bridgehead atoms. The molecule has 0 aromatic carbocycles. The fraction of sp³-hybridized carbons (Fsp3) is 0.444. The number of hydrogen-bond acceptors (Lipinski definition) is 5. The topological polar surface area (TPSA) is 89.2 Å². The van der Waals surface area contributed by atoms with Crippen LogP contribution in [-0.2, 0) is 10.0 Å². The van der Waals surface area contributed by atoms with Crippen molar-refractivity contribution < 1.29 is 12.8 Å². The first-order valence-corrected chi connectivity index (χ1v) is 6.97. The second-order valence-electron chi connectivity index (χ2n) is 4.31. The van der Waals surface area contributed by atoms with Gasteiger partial charge in [0.1, 0.15) is 23.6 Å². The average Bonchev–Trinajstić information content (AvgIpc) is 2.80. The van der Waals surface area contributed by atoms with Crippen LogP contribution in [0.4, 0.5) is 10.2 Å². The zero-order valence-corrected chi connectivity index (χ0v) is 10.1. The number of anilines is 1. The molecule has 1 N–H and O–H groups in total. The lowest BCUT2D eigenvalue weighted by molar-refractivity contribution is 0.341. The number of sulfonamides is 1. The van der Waals surface area contributed by atoms with Crippen LogP contribution in [0.25, 0.3) is 5.78 Å². The molecule has 0 atom stereocenters. The van der Waals surface area contributed by atoms with E-state index in [0.29, 0.717) is 12.8 Å². The van der Waals surface area contributed by atoms with E-state index in [4.69, 9.17) is 0 Å². The van der Waals surface area contributed by atoms with Crippen LogP contribution in [0.3, 0.4) is 0 Å². The molecule has 0 amide bonds. The van der Waals surface area contributed by atoms with Gasteiger partial charge < -0.3 is 0 Å². The predicted octanol–water partition coefficient (Wildman–Crippen LogP) is 0.368. The molecule has 1 fully saturated rings. The molecule has 2 heterocycles. The summed E-state index contributed by atoms with van der Waals surface area (Å²) in [5, 5.41) is 3.84. The molecule has 1 aliphatic rings. The molecule has 0 aliphatic heterocycles. The van der Waals surface area contributed by atoms with Crippen molar-refractivity contribution in [2.75, 3.05) is 10.5 Å². The molecule has 2 aromatic rings. The number of nitrogens with zero attached hydrogens (tertiary/aromatic N) is 4. The second-order valence-corrected chi connectivity index (χ2v) is 6.04. The van der Waals surface area contributed by atoms with E-state index in [0.717, 1.165) is 0 Å². The molecular formula is C9H10FN5O2S. The van der Waals surface area contributed by atoms with Gasteiger partial charge in [-0.25, -0.2) is 17.8 Å². The number of fused-ring (bicyclic) bond motifs is 1. The zero-order chi connectivity index (χ0) is 12.8. The summed E-state index contributed by atoms with van der Waals surface area (Å²) < 4.78 is 40.6. The minimum absolute atomic E-state index is 0.196. The van der Waals surface area contributed by atoms with Gasteiger partial charge in [0.05, 0.1) is 0 Å². The summed E-state index contributed by atoms with van der Waals surface area (Å²) >= 11 is 0. The first-order chi connectivity index (χ1) is 8.48. The van der Waals surface area contributed by atoms with Gasteiger partial charge in [-0.1, -0.05) is 0 Å². The number of hydrogen-bond donors (Lipinski definition) is 1. The normalized spacial score (nSPS) is 17.8. The first-order valence-electron chi connectivity index (χ1n) is 5.32. The summed E-state index contributed by atoms with van der Waals surface area (Å²) in [6.07, 6.45) is 3.26. The Kier molecular flexibility index (Phi) is 2.27. The molecule has 9 heteroatoms. The summed E-state index contributed by atoms with van der Waals surface area (Å²) in [7, 11) is -3.74. The van der Waals surface area contributed by atoms with Crippen LogP contribution < -0.4 is 4.72 Å². The molecule has 7 nitrogen and oxygen atoms in total. The predicted molar refractivity (Wildman–Crippen MR) is 61.3 cm³/mol. The molecule has 1 saturated carbocycles. The van der Waals surface area contributed by atoms with Crippen molar-refractivity contribution in [2.24, 2.45) is 0 Å². The van der Waals surface area contributed by atoms with Gasteiger partial charge >= 0.3 is 0 Å². The van der Waals surface area contributed by atoms with Gasteiger partial charge in [0, 0.05) is 12.3 Å². The van der Waals surface area contributed by atoms with Crippen LogP contribution in [0, 0.1) is 0 Å². The maximum Gasteiger partial charge on any atom is 0.254 e. The van der Waals surface area contributed by atoms with E-state index in [1.165, 1.54) is 23.1 Å². The Bertz CT molecular complexity index is 694. The van der Waals surface area contributed by atoms with Crippen molar-refractivity contribution in [1.82, 2.24) is 19.6 Å². The highest BCUT2D eigenvalue weighted by molar-refractivity contribution is 7.92. The van der Waals surface area contributed by atoms with Crippen molar-refractivity contribution in [3.05, 3.63) is 18.6 Å². The number of alkyl halides is 1. The van der Waals surface area contributed by atoms with Gasteiger partial charge in [-0.2, -0.15) is 14.6 Å². The highest BCUT2D eigenvalue weighted by Crippen LogP contribution is 2.40. The molecule has 1 aliphatic carbocycles. The van der Waals surface area contributed by atoms with E-state index in [-0.39, 0.29) is 11.6 Å². The maximum absolute atomic E-state index is 13.5. The molecule has 0 unspecified atom stereocenters. The van der Waals surface area contributed by atoms with E-state index in [2.05, 4.69) is 19.8 Å². The van der Waals surface area contributed by atoms with Crippen molar-refractivity contribution in [3.8, 4) is 0 Å². The van der Waals surface area contributed by atoms with Gasteiger partial charge in [-0.15, -0.1) is 0 Å². The highest BCUT2D eigenvalue weighted by atomic mass is 32.2. The quantitative estimate of drug-likeness (QED) is 0.867. The standard InChI is InChI=1S/C9H10FN5O2S/c10-9(2-3-9)5-18(16,17)14-7-1-4-11-8-12-6-13-15(7)8/h1,4,6,14H,2-3,5H2. The molecule has 0 spiro atoms. The molecule has 96 valence electrons. The molecule has 18 heavy (non-hydrogen) atoms. The zero-order valence-electron chi connectivity index (χ0n) is 9.24. The van der Waals surface area contributed by atoms with Crippen LogP contribution in [0.2, 0.25) is 0 Å². The minimum atomic E-state index is -3.74. The van der Waals surface area contributed by atoms with E-state index >= 15 is 0 Å². The van der Waals surface area contributed by atoms with E-state index in [1.54, 1.807) is 0 Å². The number of nitrogens with one attached hydrogen (secondary N) is 1. The number of aromatic nitrogens is 4. The Morgan fingerprint density at radius 3 is 2.94 bits per heavy atom. The molecule has 0 radical (unpaired) electrons. The summed E-state index contributed by atoms with van der Waals surface area (Å²) in [6, 6.07) is 1.44. The van der Waals surface area contributed by atoms with Crippen LogP contribution in [0.5, 0.6) is 0 Å². The van der Waals surface area contributed by atoms with E-state index < -0.39 is 21.4 Å². The first kappa shape index (κ1) is 11.3. The Morgan fingerprint density at radius 1 is 1.44 bits per heavy atom. The Morgan fingerprint density at radius 2 is 2.22 bits per heavy atom. The molecule has 2 aromatic heterocycles. The lowest BCUT2D eigenvalue weighted by Gasteiger charge is -2.10. The molecular weight excluding hydrogens is 261 g/mol. The SMILES string of the molecule is O=S(=O)(CC1(F)CC1)Nc1ccnc2ncnn12. The average molecular weight is 271 g/mol. The van der Waals surface area contributed by atoms with Gasteiger partial charge in [0.25, 0.3) is 5.78 Å². The molecule has 0 saturated heterocycles. The van der Waals surface area contributed by atoms with Crippen molar-refractivity contribution >= 4 is 21.6 Å². The monoisotopic (exact) mass is 271 g/mol. The summed E-state index contributed by atoms with van der Waals surface area (Å²) in [5.74, 6) is -0.0586. The number of halogens is 1. The van der Waals surface area contributed by atoms with E-state index in [1.807, 2.05) is 0 Å². The summed E-state index contributed by atoms with van der Waals surface area (Å²) in [5.41, 5.74) is -1.57. The van der Waals surface area contributed by atoms with Crippen LogP contribution >= 0.6 is 0 Å². The van der Waals surface area contributed by atoms with Crippen molar-refractivity contribution in [3.63, 3.8) is 0 Å². The fourth-order valence-corrected chi connectivity index (χ4v) is 3.15. The highest BCUT2D eigenvalue weighted by Gasteiger charge is 2.47. The van der Waals surface area contributed by atoms with Crippen molar-refractivity contribution in [1.29, 1.82) is 0 Å². The van der Waals surface area contributed by atoms with Crippen LogP contribution in [0.15, 0.2) is 18.6 Å². The van der Waals surface area contributed by atoms with Gasteiger partial charge in [0.15, 0.2) is 0 Å². The van der Waals surface area contributed by atoms with Crippen LogP contribution in [-0.4, -0.2) is 39.4 Å². The summed E-state index contributed by atoms with van der Waals surface area (Å²) in [4.78, 5) is 7.73. The summed E-state index contributed by atoms with van der Waals surface area (Å²) in [6.45, 7) is 0. The Balaban J connectivity index is 1.89. The fourth-order valence-electron chi connectivity index (χ4n) is 1.63. The second kappa shape index (κ2) is 3.61. The lowest BCUT2D eigenvalue weighted by atomic mass is 10.5. The minimum Gasteiger partial charge on any atom is -0.267 e. The van der Waals surface area contributed by atoms with Gasteiger partial charge in [-0.05, 0) is 12.8 Å². The number of rotatable bonds is 4. The van der Waals surface area contributed by atoms with Crippen molar-refractivity contribution in [2.45, 2.75) is 18.5 Å². The third-order valence-electron chi connectivity index (χ3n) is 2.68. The van der Waals surface area contributed by atoms with E-state index in [9.17, 15) is 12.8 Å². The largest absolute Gasteiger partial charge is 0.267 e. The molecule has 3 rings (SSSR count). The maximum atomic E-state index is 13.5. The lowest BCUT2D eigenvalue weighted by Crippen LogP contribution is -2.25. The van der Waals surface area contributed by atoms with Gasteiger partial charge in [0.2, 0.25) is 10.0 Å².